The molecule has 3 aromatic rings. The highest BCUT2D eigenvalue weighted by Gasteiger charge is 2.19. The van der Waals surface area contributed by atoms with E-state index in [0.29, 0.717) is 10.6 Å². The van der Waals surface area contributed by atoms with Crippen LogP contribution in [-0.2, 0) is 6.42 Å². The Bertz CT molecular complexity index is 929. The second-order valence-electron chi connectivity index (χ2n) is 5.00. The zero-order chi connectivity index (χ0) is 18.7. The lowest BCUT2D eigenvalue weighted by atomic mass is 10.2. The summed E-state index contributed by atoms with van der Waals surface area (Å²) in [7, 11) is 0. The Morgan fingerprint density at radius 3 is 2.69 bits per heavy atom. The monoisotopic (exact) mass is 402 g/mol. The van der Waals surface area contributed by atoms with Gasteiger partial charge in [-0.3, -0.25) is 4.79 Å². The molecule has 26 heavy (non-hydrogen) atoms. The summed E-state index contributed by atoms with van der Waals surface area (Å²) in [6, 6.07) is 4.53. The molecule has 0 spiro atoms. The molecule has 1 N–H and O–H groups in total. The van der Waals surface area contributed by atoms with E-state index in [1.165, 1.54) is 18.3 Å². The number of nitrogens with one attached hydrogen (secondary N) is 1. The highest BCUT2D eigenvalue weighted by atomic mass is 35.5. The first-order valence-corrected chi connectivity index (χ1v) is 7.99. The molecular weight excluding hydrogens is 393 g/mol. The predicted molar refractivity (Wildman–Crippen MR) is 87.3 cm³/mol. The lowest BCUT2D eigenvalue weighted by Gasteiger charge is -2.04. The van der Waals surface area contributed by atoms with E-state index in [-0.39, 0.29) is 41.4 Å². The Morgan fingerprint density at radius 2 is 2.00 bits per heavy atom. The van der Waals surface area contributed by atoms with Gasteiger partial charge in [0.05, 0.1) is 16.2 Å². The van der Waals surface area contributed by atoms with Gasteiger partial charge in [0, 0.05) is 18.5 Å². The van der Waals surface area contributed by atoms with Gasteiger partial charge in [0.25, 0.3) is 17.7 Å². The molecule has 0 bridgehead atoms. The van der Waals surface area contributed by atoms with E-state index in [0.717, 1.165) is 0 Å². The first-order chi connectivity index (χ1) is 12.4. The maximum atomic E-state index is 12.4. The van der Waals surface area contributed by atoms with Crippen molar-refractivity contribution in [3.8, 4) is 11.7 Å². The largest absolute Gasteiger partial charge is 0.436 e. The number of hydrogen-bond donors (Lipinski definition) is 1. The second kappa shape index (κ2) is 7.79. The smallest absolute Gasteiger partial charge is 0.314 e. The molecule has 0 atom stereocenters. The molecule has 7 nitrogen and oxygen atoms in total. The van der Waals surface area contributed by atoms with E-state index in [4.69, 9.17) is 32.0 Å². The maximum Gasteiger partial charge on any atom is 0.314 e. The first-order valence-electron chi connectivity index (χ1n) is 7.24. The summed E-state index contributed by atoms with van der Waals surface area (Å²) >= 11 is 11.7. The summed E-state index contributed by atoms with van der Waals surface area (Å²) in [6.07, 6.45) is -1.32. The van der Waals surface area contributed by atoms with Gasteiger partial charge in [-0.15, -0.1) is 10.2 Å². The van der Waals surface area contributed by atoms with Gasteiger partial charge in [0.1, 0.15) is 0 Å². The fraction of sp³-hybridized carbons (Fsp3) is 0.200. The zero-order valence-corrected chi connectivity index (χ0v) is 14.4. The fourth-order valence-corrected chi connectivity index (χ4v) is 2.27. The number of halogens is 4. The third-order valence-corrected chi connectivity index (χ3v) is 3.94. The number of hydrogen-bond acceptors (Lipinski definition) is 6. The number of amides is 1. The topological polar surface area (TPSA) is 94.1 Å². The van der Waals surface area contributed by atoms with Gasteiger partial charge in [-0.25, -0.2) is 4.98 Å². The highest BCUT2D eigenvalue weighted by molar-refractivity contribution is 6.42. The normalized spacial score (nSPS) is 11.1. The zero-order valence-electron chi connectivity index (χ0n) is 12.9. The molecule has 1 amide bonds. The van der Waals surface area contributed by atoms with Crippen LogP contribution in [0.4, 0.5) is 8.78 Å². The minimum Gasteiger partial charge on any atom is -0.436 e. The summed E-state index contributed by atoms with van der Waals surface area (Å²) in [5.41, 5.74) is 0.359. The van der Waals surface area contributed by atoms with Crippen LogP contribution < -0.4 is 5.32 Å². The third kappa shape index (κ3) is 4.17. The van der Waals surface area contributed by atoms with Crippen LogP contribution in [-0.4, -0.2) is 27.6 Å². The van der Waals surface area contributed by atoms with Crippen LogP contribution in [0, 0.1) is 0 Å². The Morgan fingerprint density at radius 1 is 1.19 bits per heavy atom. The van der Waals surface area contributed by atoms with E-state index in [9.17, 15) is 13.6 Å². The molecule has 0 aliphatic heterocycles. The number of rotatable bonds is 6. The van der Waals surface area contributed by atoms with Gasteiger partial charge < -0.3 is 14.2 Å². The van der Waals surface area contributed by atoms with Crippen molar-refractivity contribution >= 4 is 29.1 Å². The summed E-state index contributed by atoms with van der Waals surface area (Å²) < 4.78 is 35.0. The second-order valence-corrected chi connectivity index (χ2v) is 5.81. The van der Waals surface area contributed by atoms with Gasteiger partial charge >= 0.3 is 6.43 Å². The highest BCUT2D eigenvalue weighted by Crippen LogP contribution is 2.24. The molecule has 0 saturated carbocycles. The van der Waals surface area contributed by atoms with Crippen molar-refractivity contribution < 1.29 is 22.4 Å². The first kappa shape index (κ1) is 18.3. The minimum atomic E-state index is -2.87. The van der Waals surface area contributed by atoms with Gasteiger partial charge in [-0.05, 0) is 18.2 Å². The van der Waals surface area contributed by atoms with Crippen molar-refractivity contribution in [2.45, 2.75) is 12.8 Å². The van der Waals surface area contributed by atoms with Crippen LogP contribution in [0.15, 0.2) is 33.2 Å². The van der Waals surface area contributed by atoms with Crippen molar-refractivity contribution in [2.75, 3.05) is 6.54 Å². The number of carbonyl (C=O) groups is 1. The van der Waals surface area contributed by atoms with Crippen LogP contribution in [0.1, 0.15) is 28.6 Å². The molecule has 0 unspecified atom stereocenters. The molecular formula is C15H10Cl2F2N4O3. The minimum absolute atomic E-state index is 0.0650. The average Bonchev–Trinajstić information content (AvgIpc) is 3.26. The Kier molecular flexibility index (Phi) is 5.48. The van der Waals surface area contributed by atoms with E-state index in [2.05, 4.69) is 20.5 Å². The summed E-state index contributed by atoms with van der Waals surface area (Å²) in [5, 5.41) is 9.96. The van der Waals surface area contributed by atoms with E-state index in [1.807, 2.05) is 0 Å². The predicted octanol–water partition coefficient (Wildman–Crippen LogP) is 3.94. The fourth-order valence-electron chi connectivity index (χ4n) is 1.97. The average molecular weight is 403 g/mol. The van der Waals surface area contributed by atoms with Crippen LogP contribution >= 0.6 is 23.2 Å². The molecule has 136 valence electrons. The molecule has 0 aliphatic carbocycles. The molecule has 0 fully saturated rings. The third-order valence-electron chi connectivity index (χ3n) is 3.20. The van der Waals surface area contributed by atoms with Gasteiger partial charge in [0.15, 0.2) is 5.89 Å². The number of oxazole rings is 1. The molecule has 1 aromatic carbocycles. The van der Waals surface area contributed by atoms with Crippen molar-refractivity contribution in [3.05, 3.63) is 51.8 Å². The number of carbonyl (C=O) groups excluding carboxylic acids is 1. The van der Waals surface area contributed by atoms with E-state index >= 15 is 0 Å². The Hall–Kier alpha value is -2.52. The number of alkyl halides is 2. The Balaban J connectivity index is 1.56. The van der Waals surface area contributed by atoms with Crippen molar-refractivity contribution in [3.63, 3.8) is 0 Å². The maximum absolute atomic E-state index is 12.4. The number of nitrogens with zero attached hydrogens (tertiary/aromatic N) is 3. The van der Waals surface area contributed by atoms with Crippen LogP contribution in [0.2, 0.25) is 10.0 Å². The lowest BCUT2D eigenvalue weighted by Crippen LogP contribution is -2.25. The lowest BCUT2D eigenvalue weighted by molar-refractivity contribution is 0.0953. The molecule has 0 radical (unpaired) electrons. The van der Waals surface area contributed by atoms with Crippen molar-refractivity contribution in [1.29, 1.82) is 0 Å². The Labute approximate surface area is 155 Å². The van der Waals surface area contributed by atoms with Crippen LogP contribution in [0.5, 0.6) is 0 Å². The van der Waals surface area contributed by atoms with Crippen LogP contribution in [0.3, 0.4) is 0 Å². The summed E-state index contributed by atoms with van der Waals surface area (Å²) in [5.74, 6) is -0.999. The summed E-state index contributed by atoms with van der Waals surface area (Å²) in [4.78, 5) is 16.0. The SMILES string of the molecule is O=C(NCCc1ncc(-c2nnc(C(F)F)o2)o1)c1ccc(Cl)c(Cl)c1. The van der Waals surface area contributed by atoms with Gasteiger partial charge in [0.2, 0.25) is 5.76 Å². The molecule has 0 aliphatic rings. The van der Waals surface area contributed by atoms with E-state index in [1.54, 1.807) is 6.07 Å². The molecule has 2 aromatic heterocycles. The molecule has 11 heteroatoms. The number of aromatic nitrogens is 3. The number of benzene rings is 1. The van der Waals surface area contributed by atoms with E-state index < -0.39 is 12.3 Å². The van der Waals surface area contributed by atoms with Crippen molar-refractivity contribution in [1.82, 2.24) is 20.5 Å². The molecule has 0 saturated heterocycles. The van der Waals surface area contributed by atoms with Crippen molar-refractivity contribution in [2.24, 2.45) is 0 Å². The van der Waals surface area contributed by atoms with Crippen LogP contribution in [0.25, 0.3) is 11.7 Å². The standard InChI is InChI=1S/C15H10Cl2F2N4O3/c16-8-2-1-7(5-9(8)17)13(24)20-4-3-11-21-6-10(25-11)14-22-23-15(26-14)12(18)19/h1-2,5-6,12H,3-4H2,(H,20,24). The van der Waals surface area contributed by atoms with Gasteiger partial charge in [-0.1, -0.05) is 23.2 Å². The summed E-state index contributed by atoms with van der Waals surface area (Å²) in [6.45, 7) is 0.227. The molecule has 2 heterocycles. The quantitative estimate of drug-likeness (QED) is 0.670. The molecule has 3 rings (SSSR count). The van der Waals surface area contributed by atoms with Gasteiger partial charge in [-0.2, -0.15) is 8.78 Å².